The van der Waals surface area contributed by atoms with Crippen LogP contribution in [0.4, 0.5) is 11.4 Å². The van der Waals surface area contributed by atoms with E-state index in [2.05, 4.69) is 23.8 Å². The van der Waals surface area contributed by atoms with Gasteiger partial charge in [0.2, 0.25) is 0 Å². The molecule has 0 spiro atoms. The van der Waals surface area contributed by atoms with E-state index in [0.717, 1.165) is 22.8 Å². The first-order chi connectivity index (χ1) is 7.85. The van der Waals surface area contributed by atoms with Gasteiger partial charge in [-0.05, 0) is 24.3 Å². The number of rotatable bonds is 2. The van der Waals surface area contributed by atoms with Gasteiger partial charge >= 0.3 is 0 Å². The summed E-state index contributed by atoms with van der Waals surface area (Å²) >= 11 is 0. The number of hydrogen-bond acceptors (Lipinski definition) is 2. The molecular weight excluding hydrogens is 196 g/mol. The summed E-state index contributed by atoms with van der Waals surface area (Å²) in [6, 6.07) is 8.03. The second kappa shape index (κ2) is 5.81. The Kier molecular flexibility index (Phi) is 4.40. The lowest BCUT2D eigenvalue weighted by molar-refractivity contribution is 1.31. The molecule has 0 radical (unpaired) electrons. The lowest BCUT2D eigenvalue weighted by atomic mass is 10.1. The fraction of sp³-hybridized carbons (Fsp3) is 0.143. The van der Waals surface area contributed by atoms with Crippen LogP contribution in [0.5, 0.6) is 0 Å². The molecule has 0 atom stereocenters. The molecule has 84 valence electrons. The molecule has 2 rings (SSSR count). The third kappa shape index (κ3) is 2.34. The van der Waals surface area contributed by atoms with Gasteiger partial charge in [-0.3, -0.25) is 0 Å². The lowest BCUT2D eigenvalue weighted by Gasteiger charge is -2.22. The van der Waals surface area contributed by atoms with Crippen molar-refractivity contribution in [3.8, 4) is 0 Å². The van der Waals surface area contributed by atoms with Crippen molar-refractivity contribution in [2.45, 2.75) is 13.8 Å². The molecule has 0 amide bonds. The monoisotopic (exact) mass is 214 g/mol. The van der Waals surface area contributed by atoms with Gasteiger partial charge in [0.05, 0.1) is 22.8 Å². The van der Waals surface area contributed by atoms with Crippen molar-refractivity contribution in [1.29, 1.82) is 0 Å². The Morgan fingerprint density at radius 1 is 0.875 bits per heavy atom. The van der Waals surface area contributed by atoms with Crippen LogP contribution < -0.4 is 10.6 Å². The predicted molar refractivity (Wildman–Crippen MR) is 72.5 cm³/mol. The molecule has 0 aromatic heterocycles. The minimum absolute atomic E-state index is 0.957. The SMILES string of the molecule is C=CC1=C(C=C)Nc2ccccc2N1.CC. The number of allylic oxidation sites excluding steroid dienone is 2. The first-order valence-electron chi connectivity index (χ1n) is 5.47. The van der Waals surface area contributed by atoms with E-state index in [1.165, 1.54) is 0 Å². The second-order valence-corrected chi connectivity index (χ2v) is 3.03. The van der Waals surface area contributed by atoms with Crippen molar-refractivity contribution in [3.05, 3.63) is 61.0 Å². The molecule has 0 bridgehead atoms. The maximum absolute atomic E-state index is 3.75. The largest absolute Gasteiger partial charge is 0.352 e. The molecule has 16 heavy (non-hydrogen) atoms. The first kappa shape index (κ1) is 12.1. The van der Waals surface area contributed by atoms with Crippen LogP contribution in [0.1, 0.15) is 13.8 Å². The molecule has 1 heterocycles. The number of fused-ring (bicyclic) bond motifs is 1. The average molecular weight is 214 g/mol. The van der Waals surface area contributed by atoms with Crippen LogP contribution >= 0.6 is 0 Å². The van der Waals surface area contributed by atoms with E-state index < -0.39 is 0 Å². The Bertz CT molecular complexity index is 377. The third-order valence-electron chi connectivity index (χ3n) is 2.16. The summed E-state index contributed by atoms with van der Waals surface area (Å²) in [7, 11) is 0. The average Bonchev–Trinajstić information content (AvgIpc) is 2.39. The van der Waals surface area contributed by atoms with Gasteiger partial charge in [0.15, 0.2) is 0 Å². The summed E-state index contributed by atoms with van der Waals surface area (Å²) in [5, 5.41) is 6.55. The summed E-state index contributed by atoms with van der Waals surface area (Å²) < 4.78 is 0. The van der Waals surface area contributed by atoms with E-state index in [1.54, 1.807) is 12.2 Å². The molecule has 2 N–H and O–H groups in total. The molecule has 2 heteroatoms. The highest BCUT2D eigenvalue weighted by Gasteiger charge is 2.11. The lowest BCUT2D eigenvalue weighted by Crippen LogP contribution is -2.13. The molecule has 0 fully saturated rings. The summed E-state index contributed by atoms with van der Waals surface area (Å²) in [5.41, 5.74) is 4.04. The quantitative estimate of drug-likeness (QED) is 0.773. The number of nitrogens with one attached hydrogen (secondary N) is 2. The normalized spacial score (nSPS) is 12.4. The number of anilines is 2. The van der Waals surface area contributed by atoms with E-state index in [4.69, 9.17) is 0 Å². The van der Waals surface area contributed by atoms with Crippen molar-refractivity contribution in [3.63, 3.8) is 0 Å². The molecule has 2 nitrogen and oxygen atoms in total. The molecule has 0 saturated carbocycles. The summed E-state index contributed by atoms with van der Waals surface area (Å²) in [4.78, 5) is 0. The Labute approximate surface area is 97.4 Å². The van der Waals surface area contributed by atoms with Gasteiger partial charge in [-0.2, -0.15) is 0 Å². The zero-order chi connectivity index (χ0) is 12.0. The van der Waals surface area contributed by atoms with Crippen LogP contribution in [-0.4, -0.2) is 0 Å². The third-order valence-corrected chi connectivity index (χ3v) is 2.16. The van der Waals surface area contributed by atoms with Crippen molar-refractivity contribution in [2.24, 2.45) is 0 Å². The summed E-state index contributed by atoms with van der Waals surface area (Å²) in [6.45, 7) is 11.5. The Morgan fingerprint density at radius 2 is 1.25 bits per heavy atom. The molecule has 1 aliphatic heterocycles. The van der Waals surface area contributed by atoms with E-state index in [1.807, 2.05) is 38.1 Å². The van der Waals surface area contributed by atoms with Crippen molar-refractivity contribution in [1.82, 2.24) is 0 Å². The van der Waals surface area contributed by atoms with Crippen molar-refractivity contribution >= 4 is 11.4 Å². The highest BCUT2D eigenvalue weighted by atomic mass is 15.0. The molecule has 0 aliphatic carbocycles. The number of benzene rings is 1. The molecule has 0 saturated heterocycles. The molecule has 0 unspecified atom stereocenters. The van der Waals surface area contributed by atoms with Gasteiger partial charge in [0, 0.05) is 0 Å². The van der Waals surface area contributed by atoms with E-state index in [9.17, 15) is 0 Å². The van der Waals surface area contributed by atoms with Gasteiger partial charge in [-0.15, -0.1) is 0 Å². The van der Waals surface area contributed by atoms with E-state index in [-0.39, 0.29) is 0 Å². The molecule has 1 aromatic rings. The summed E-state index contributed by atoms with van der Waals surface area (Å²) in [5.74, 6) is 0. The Hall–Kier alpha value is -1.96. The number of hydrogen-bond donors (Lipinski definition) is 2. The van der Waals surface area contributed by atoms with Crippen LogP contribution in [0.3, 0.4) is 0 Å². The van der Waals surface area contributed by atoms with Crippen molar-refractivity contribution in [2.75, 3.05) is 10.6 Å². The van der Waals surface area contributed by atoms with E-state index >= 15 is 0 Å². The topological polar surface area (TPSA) is 24.1 Å². The Morgan fingerprint density at radius 3 is 1.56 bits per heavy atom. The molecule has 1 aliphatic rings. The zero-order valence-corrected chi connectivity index (χ0v) is 9.88. The van der Waals surface area contributed by atoms with Gasteiger partial charge in [0.25, 0.3) is 0 Å². The molecule has 1 aromatic carbocycles. The second-order valence-electron chi connectivity index (χ2n) is 3.03. The maximum Gasteiger partial charge on any atom is 0.0624 e. The van der Waals surface area contributed by atoms with Gasteiger partial charge in [-0.1, -0.05) is 39.1 Å². The minimum Gasteiger partial charge on any atom is -0.352 e. The van der Waals surface area contributed by atoms with Crippen LogP contribution in [0.25, 0.3) is 0 Å². The van der Waals surface area contributed by atoms with Gasteiger partial charge < -0.3 is 10.6 Å². The maximum atomic E-state index is 3.75. The van der Waals surface area contributed by atoms with Gasteiger partial charge in [-0.25, -0.2) is 0 Å². The van der Waals surface area contributed by atoms with E-state index in [0.29, 0.717) is 0 Å². The van der Waals surface area contributed by atoms with Crippen LogP contribution in [0.15, 0.2) is 61.0 Å². The van der Waals surface area contributed by atoms with Crippen molar-refractivity contribution < 1.29 is 0 Å². The Balaban J connectivity index is 0.000000606. The van der Waals surface area contributed by atoms with Crippen LogP contribution in [0, 0.1) is 0 Å². The smallest absolute Gasteiger partial charge is 0.0624 e. The fourth-order valence-electron chi connectivity index (χ4n) is 1.45. The summed E-state index contributed by atoms with van der Waals surface area (Å²) in [6.07, 6.45) is 3.56. The molecular formula is C14H18N2. The highest BCUT2D eigenvalue weighted by molar-refractivity contribution is 5.77. The minimum atomic E-state index is 0.957. The first-order valence-corrected chi connectivity index (χ1v) is 5.47. The standard InChI is InChI=1S/C12H12N2.C2H6/c1-3-9-10(4-2)14-12-8-6-5-7-11(12)13-9;1-2/h3-8,13-14H,1-2H2;1-2H3. The fourth-order valence-corrected chi connectivity index (χ4v) is 1.45. The highest BCUT2D eigenvalue weighted by Crippen LogP contribution is 2.29. The van der Waals surface area contributed by atoms with Crippen LogP contribution in [-0.2, 0) is 0 Å². The zero-order valence-electron chi connectivity index (χ0n) is 9.88. The predicted octanol–water partition coefficient (Wildman–Crippen LogP) is 4.13. The number of para-hydroxylation sites is 2. The van der Waals surface area contributed by atoms with Crippen LogP contribution in [0.2, 0.25) is 0 Å². The van der Waals surface area contributed by atoms with Gasteiger partial charge in [0.1, 0.15) is 0 Å².